The van der Waals surface area contributed by atoms with Crippen LogP contribution in [0, 0.1) is 0 Å². The van der Waals surface area contributed by atoms with Crippen LogP contribution in [0.3, 0.4) is 0 Å². The molecule has 9 heavy (non-hydrogen) atoms. The molecule has 0 amide bonds. The number of carbonyl (C=O) groups excluding carboxylic acids is 1. The van der Waals surface area contributed by atoms with Gasteiger partial charge in [-0.2, -0.15) is 0 Å². The van der Waals surface area contributed by atoms with Gasteiger partial charge in [-0.1, -0.05) is 0 Å². The molecular formula is C6H6N2O. The molecule has 1 rings (SSSR count). The van der Waals surface area contributed by atoms with Gasteiger partial charge in [0.15, 0.2) is 5.94 Å². The number of hydrogen-bond acceptors (Lipinski definition) is 3. The summed E-state index contributed by atoms with van der Waals surface area (Å²) in [6, 6.07) is 0. The van der Waals surface area contributed by atoms with E-state index in [1.54, 1.807) is 25.1 Å². The Kier molecular flexibility index (Phi) is 1.47. The molecule has 3 nitrogen and oxygen atoms in total. The summed E-state index contributed by atoms with van der Waals surface area (Å²) in [5, 5.41) is 2.72. The predicted octanol–water partition coefficient (Wildman–Crippen LogP) is 0.237. The molecule has 3 heteroatoms. The van der Waals surface area contributed by atoms with Crippen LogP contribution in [0.4, 0.5) is 0 Å². The SMILES string of the molecule is CC1=NC=CC(=C=O)N1. The average molecular weight is 122 g/mol. The van der Waals surface area contributed by atoms with E-state index in [0.717, 1.165) is 5.84 Å². The zero-order valence-electron chi connectivity index (χ0n) is 5.01. The van der Waals surface area contributed by atoms with Crippen LogP contribution in [0.2, 0.25) is 0 Å². The first-order valence-electron chi connectivity index (χ1n) is 2.56. The molecule has 46 valence electrons. The maximum Gasteiger partial charge on any atom is 0.150 e. The Bertz CT molecular complexity index is 221. The van der Waals surface area contributed by atoms with E-state index in [0.29, 0.717) is 5.70 Å². The normalized spacial score (nSPS) is 16.1. The van der Waals surface area contributed by atoms with Crippen molar-refractivity contribution in [3.05, 3.63) is 18.0 Å². The van der Waals surface area contributed by atoms with Gasteiger partial charge in [-0.05, 0) is 13.0 Å². The number of aliphatic imine (C=N–C) groups is 1. The number of nitrogens with one attached hydrogen (secondary N) is 1. The van der Waals surface area contributed by atoms with E-state index in [2.05, 4.69) is 10.3 Å². The van der Waals surface area contributed by atoms with Crippen molar-refractivity contribution in [3.8, 4) is 0 Å². The van der Waals surface area contributed by atoms with Crippen LogP contribution in [-0.4, -0.2) is 11.8 Å². The molecule has 0 radical (unpaired) electrons. The van der Waals surface area contributed by atoms with Gasteiger partial charge in [-0.25, -0.2) is 9.79 Å². The molecule has 0 spiro atoms. The van der Waals surface area contributed by atoms with E-state index in [1.165, 1.54) is 0 Å². The molecular weight excluding hydrogens is 116 g/mol. The standard InChI is InChI=1S/C6H6N2O/c1-5-7-3-2-6(4-9)8-5/h2-3H,1H3,(H,7,8). The molecule has 0 aliphatic carbocycles. The molecule has 0 fully saturated rings. The number of amidine groups is 1. The summed E-state index contributed by atoms with van der Waals surface area (Å²) >= 11 is 0. The van der Waals surface area contributed by atoms with Crippen molar-refractivity contribution in [1.29, 1.82) is 0 Å². The topological polar surface area (TPSA) is 41.5 Å². The quantitative estimate of drug-likeness (QED) is 0.467. The highest BCUT2D eigenvalue weighted by molar-refractivity contribution is 5.85. The molecule has 1 heterocycles. The van der Waals surface area contributed by atoms with Crippen molar-refractivity contribution in [2.24, 2.45) is 4.99 Å². The third-order valence-electron chi connectivity index (χ3n) is 0.935. The Morgan fingerprint density at radius 2 is 2.56 bits per heavy atom. The molecule has 1 aliphatic rings. The van der Waals surface area contributed by atoms with E-state index >= 15 is 0 Å². The van der Waals surface area contributed by atoms with Crippen LogP contribution >= 0.6 is 0 Å². The lowest BCUT2D eigenvalue weighted by Crippen LogP contribution is -2.20. The van der Waals surface area contributed by atoms with Gasteiger partial charge in [0.05, 0.1) is 0 Å². The lowest BCUT2D eigenvalue weighted by molar-refractivity contribution is 0.566. The van der Waals surface area contributed by atoms with Crippen LogP contribution in [0.5, 0.6) is 0 Å². The highest BCUT2D eigenvalue weighted by Crippen LogP contribution is 1.93. The van der Waals surface area contributed by atoms with Crippen molar-refractivity contribution in [3.63, 3.8) is 0 Å². The Morgan fingerprint density at radius 3 is 3.00 bits per heavy atom. The first-order valence-corrected chi connectivity index (χ1v) is 2.56. The minimum Gasteiger partial charge on any atom is -0.335 e. The molecule has 0 saturated heterocycles. The van der Waals surface area contributed by atoms with Gasteiger partial charge < -0.3 is 5.32 Å². The van der Waals surface area contributed by atoms with Crippen molar-refractivity contribution in [2.75, 3.05) is 0 Å². The monoisotopic (exact) mass is 122 g/mol. The summed E-state index contributed by atoms with van der Waals surface area (Å²) in [6.07, 6.45) is 3.13. The minimum absolute atomic E-state index is 0.433. The molecule has 0 atom stereocenters. The molecule has 0 saturated carbocycles. The van der Waals surface area contributed by atoms with Gasteiger partial charge in [-0.3, -0.25) is 0 Å². The van der Waals surface area contributed by atoms with Crippen LogP contribution in [0.1, 0.15) is 6.92 Å². The summed E-state index contributed by atoms with van der Waals surface area (Å²) in [6.45, 7) is 1.78. The Labute approximate surface area is 52.8 Å². The number of allylic oxidation sites excluding steroid dienone is 1. The van der Waals surface area contributed by atoms with Gasteiger partial charge in [0.25, 0.3) is 0 Å². The number of rotatable bonds is 0. The molecule has 1 aliphatic heterocycles. The largest absolute Gasteiger partial charge is 0.335 e. The lowest BCUT2D eigenvalue weighted by Gasteiger charge is -2.04. The summed E-state index contributed by atoms with van der Waals surface area (Å²) in [5.41, 5.74) is 0.433. The summed E-state index contributed by atoms with van der Waals surface area (Å²) in [4.78, 5) is 13.8. The van der Waals surface area contributed by atoms with E-state index < -0.39 is 0 Å². The molecule has 0 bridgehead atoms. The van der Waals surface area contributed by atoms with Gasteiger partial charge in [0, 0.05) is 6.20 Å². The molecule has 0 aromatic carbocycles. The maximum atomic E-state index is 9.97. The zero-order chi connectivity index (χ0) is 6.69. The smallest absolute Gasteiger partial charge is 0.150 e. The van der Waals surface area contributed by atoms with Gasteiger partial charge in [0.1, 0.15) is 11.5 Å². The first kappa shape index (κ1) is 5.79. The molecule has 0 unspecified atom stereocenters. The fraction of sp³-hybridized carbons (Fsp3) is 0.167. The highest BCUT2D eigenvalue weighted by atomic mass is 16.1. The minimum atomic E-state index is 0.433. The van der Waals surface area contributed by atoms with Gasteiger partial charge in [-0.15, -0.1) is 0 Å². The van der Waals surface area contributed by atoms with E-state index in [9.17, 15) is 4.79 Å². The summed E-state index contributed by atoms with van der Waals surface area (Å²) in [5.74, 6) is 2.44. The molecule has 1 N–H and O–H groups in total. The highest BCUT2D eigenvalue weighted by Gasteiger charge is 1.96. The van der Waals surface area contributed by atoms with E-state index in [-0.39, 0.29) is 0 Å². The second kappa shape index (κ2) is 2.29. The second-order valence-electron chi connectivity index (χ2n) is 1.67. The number of nitrogens with zero attached hydrogens (tertiary/aromatic N) is 1. The van der Waals surface area contributed by atoms with Crippen molar-refractivity contribution >= 4 is 11.8 Å². The fourth-order valence-electron chi connectivity index (χ4n) is 0.552. The molecule has 0 aromatic heterocycles. The van der Waals surface area contributed by atoms with Crippen molar-refractivity contribution in [2.45, 2.75) is 6.92 Å². The van der Waals surface area contributed by atoms with Crippen molar-refractivity contribution < 1.29 is 4.79 Å². The van der Waals surface area contributed by atoms with Crippen LogP contribution < -0.4 is 5.32 Å². The fourth-order valence-corrected chi connectivity index (χ4v) is 0.552. The lowest BCUT2D eigenvalue weighted by atomic mass is 10.4. The third-order valence-corrected chi connectivity index (χ3v) is 0.935. The third kappa shape index (κ3) is 1.27. The van der Waals surface area contributed by atoms with Crippen LogP contribution in [0.25, 0.3) is 0 Å². The second-order valence-corrected chi connectivity index (χ2v) is 1.67. The first-order chi connectivity index (χ1) is 4.33. The van der Waals surface area contributed by atoms with Gasteiger partial charge in [0.2, 0.25) is 0 Å². The van der Waals surface area contributed by atoms with Crippen LogP contribution in [0.15, 0.2) is 23.0 Å². The predicted molar refractivity (Wildman–Crippen MR) is 34.6 cm³/mol. The Balaban J connectivity index is 2.85. The maximum absolute atomic E-state index is 9.97. The Morgan fingerprint density at radius 1 is 1.78 bits per heavy atom. The van der Waals surface area contributed by atoms with E-state index in [4.69, 9.17) is 0 Å². The zero-order valence-corrected chi connectivity index (χ0v) is 5.01. The van der Waals surface area contributed by atoms with Crippen molar-refractivity contribution in [1.82, 2.24) is 5.32 Å². The van der Waals surface area contributed by atoms with Crippen LogP contribution in [-0.2, 0) is 4.79 Å². The van der Waals surface area contributed by atoms with Gasteiger partial charge >= 0.3 is 0 Å². The molecule has 0 aromatic rings. The number of hydrogen-bond donors (Lipinski definition) is 1. The average Bonchev–Trinajstić information content (AvgIpc) is 1.88. The van der Waals surface area contributed by atoms with E-state index in [1.807, 2.05) is 0 Å². The summed E-state index contributed by atoms with van der Waals surface area (Å²) < 4.78 is 0. The Hall–Kier alpha value is -1.34. The summed E-state index contributed by atoms with van der Waals surface area (Å²) in [7, 11) is 0.